The van der Waals surface area contributed by atoms with Crippen LogP contribution < -0.4 is 5.73 Å². The van der Waals surface area contributed by atoms with Crippen molar-refractivity contribution in [3.63, 3.8) is 0 Å². The lowest BCUT2D eigenvalue weighted by atomic mass is 10.1. The fourth-order valence-corrected chi connectivity index (χ4v) is 2.49. The first-order chi connectivity index (χ1) is 10.1. The molecule has 1 unspecified atom stereocenters. The number of benzene rings is 1. The first-order valence-corrected chi connectivity index (χ1v) is 7.28. The third-order valence-electron chi connectivity index (χ3n) is 3.68. The van der Waals surface area contributed by atoms with Gasteiger partial charge in [-0.3, -0.25) is 4.90 Å². The van der Waals surface area contributed by atoms with Gasteiger partial charge in [0, 0.05) is 44.0 Å². The Kier molecular flexibility index (Phi) is 5.41. The van der Waals surface area contributed by atoms with Gasteiger partial charge in [-0.15, -0.1) is 0 Å². The lowest BCUT2D eigenvalue weighted by Gasteiger charge is -2.35. The first-order valence-electron chi connectivity index (χ1n) is 7.28. The van der Waals surface area contributed by atoms with Gasteiger partial charge in [0.15, 0.2) is 0 Å². The SMILES string of the molecule is CCOC(=O)N1CCN(CC(O)c2ccccc2N)CC1. The summed E-state index contributed by atoms with van der Waals surface area (Å²) in [6.45, 7) is 5.40. The third-order valence-corrected chi connectivity index (χ3v) is 3.68. The number of anilines is 1. The molecule has 6 heteroatoms. The van der Waals surface area contributed by atoms with E-state index in [2.05, 4.69) is 4.90 Å². The molecule has 1 aliphatic heterocycles. The highest BCUT2D eigenvalue weighted by molar-refractivity contribution is 5.67. The van der Waals surface area contributed by atoms with Crippen molar-refractivity contribution >= 4 is 11.8 Å². The van der Waals surface area contributed by atoms with Crippen LogP contribution in [0.3, 0.4) is 0 Å². The minimum Gasteiger partial charge on any atom is -0.450 e. The number of ether oxygens (including phenoxy) is 1. The monoisotopic (exact) mass is 293 g/mol. The zero-order valence-electron chi connectivity index (χ0n) is 12.4. The second-order valence-electron chi connectivity index (χ2n) is 5.13. The summed E-state index contributed by atoms with van der Waals surface area (Å²) in [5.74, 6) is 0. The molecule has 0 aromatic heterocycles. The van der Waals surface area contributed by atoms with E-state index in [1.165, 1.54) is 0 Å². The van der Waals surface area contributed by atoms with Gasteiger partial charge in [0.25, 0.3) is 0 Å². The van der Waals surface area contributed by atoms with E-state index in [9.17, 15) is 9.90 Å². The van der Waals surface area contributed by atoms with Gasteiger partial charge in [-0.25, -0.2) is 4.79 Å². The molecule has 0 radical (unpaired) electrons. The highest BCUT2D eigenvalue weighted by Gasteiger charge is 2.23. The van der Waals surface area contributed by atoms with Gasteiger partial charge in [0.2, 0.25) is 0 Å². The molecule has 1 amide bonds. The number of para-hydroxylation sites is 1. The molecule has 0 spiro atoms. The molecule has 0 saturated carbocycles. The van der Waals surface area contributed by atoms with Gasteiger partial charge in [-0.2, -0.15) is 0 Å². The smallest absolute Gasteiger partial charge is 0.409 e. The summed E-state index contributed by atoms with van der Waals surface area (Å²) in [7, 11) is 0. The summed E-state index contributed by atoms with van der Waals surface area (Å²) in [4.78, 5) is 15.4. The molecule has 6 nitrogen and oxygen atoms in total. The number of carbonyl (C=O) groups is 1. The maximum Gasteiger partial charge on any atom is 0.409 e. The summed E-state index contributed by atoms with van der Waals surface area (Å²) in [6.07, 6.45) is -0.870. The van der Waals surface area contributed by atoms with Crippen LogP contribution >= 0.6 is 0 Å². The average Bonchev–Trinajstić information content (AvgIpc) is 2.48. The number of hydrogen-bond acceptors (Lipinski definition) is 5. The topological polar surface area (TPSA) is 79.0 Å². The Bertz CT molecular complexity index is 473. The van der Waals surface area contributed by atoms with Gasteiger partial charge in [0.1, 0.15) is 0 Å². The molecule has 1 aromatic carbocycles. The molecule has 116 valence electrons. The number of β-amino-alcohol motifs (C(OH)–C–C–N with tert-alkyl or cyclic N) is 1. The van der Waals surface area contributed by atoms with Crippen LogP contribution in [0.5, 0.6) is 0 Å². The second kappa shape index (κ2) is 7.28. The van der Waals surface area contributed by atoms with E-state index in [0.717, 1.165) is 18.7 Å². The standard InChI is InChI=1S/C15H23N3O3/c1-2-21-15(20)18-9-7-17(8-10-18)11-14(19)12-5-3-4-6-13(12)16/h3-6,14,19H,2,7-11,16H2,1H3. The summed E-state index contributed by atoms with van der Waals surface area (Å²) in [5.41, 5.74) is 7.24. The van der Waals surface area contributed by atoms with E-state index in [1.807, 2.05) is 18.2 Å². The molecular weight excluding hydrogens is 270 g/mol. The van der Waals surface area contributed by atoms with Crippen molar-refractivity contribution in [3.8, 4) is 0 Å². The molecular formula is C15H23N3O3. The molecule has 3 N–H and O–H groups in total. The number of aliphatic hydroxyl groups is 1. The van der Waals surface area contributed by atoms with Crippen LogP contribution in [0.25, 0.3) is 0 Å². The van der Waals surface area contributed by atoms with Crippen molar-refractivity contribution in [3.05, 3.63) is 29.8 Å². The Labute approximate surface area is 125 Å². The van der Waals surface area contributed by atoms with Crippen LogP contribution in [0.1, 0.15) is 18.6 Å². The van der Waals surface area contributed by atoms with Gasteiger partial charge >= 0.3 is 6.09 Å². The zero-order chi connectivity index (χ0) is 15.2. The molecule has 0 bridgehead atoms. The van der Waals surface area contributed by atoms with Crippen molar-refractivity contribution in [1.82, 2.24) is 9.80 Å². The Morgan fingerprint density at radius 2 is 2.00 bits per heavy atom. The second-order valence-corrected chi connectivity index (χ2v) is 5.13. The van der Waals surface area contributed by atoms with E-state index in [4.69, 9.17) is 10.5 Å². The summed E-state index contributed by atoms with van der Waals surface area (Å²) < 4.78 is 4.99. The average molecular weight is 293 g/mol. The quantitative estimate of drug-likeness (QED) is 0.812. The van der Waals surface area contributed by atoms with E-state index < -0.39 is 6.10 Å². The fourth-order valence-electron chi connectivity index (χ4n) is 2.49. The zero-order valence-corrected chi connectivity index (χ0v) is 12.4. The normalized spacial score (nSPS) is 17.5. The number of nitrogen functional groups attached to an aromatic ring is 1. The number of rotatable bonds is 4. The number of amides is 1. The van der Waals surface area contributed by atoms with E-state index in [1.54, 1.807) is 17.9 Å². The molecule has 2 rings (SSSR count). The highest BCUT2D eigenvalue weighted by Crippen LogP contribution is 2.21. The predicted octanol–water partition coefficient (Wildman–Crippen LogP) is 1.08. The van der Waals surface area contributed by atoms with Crippen molar-refractivity contribution in [2.45, 2.75) is 13.0 Å². The molecule has 0 aliphatic carbocycles. The van der Waals surface area contributed by atoms with Crippen LogP contribution in [-0.4, -0.2) is 60.3 Å². The number of hydrogen-bond donors (Lipinski definition) is 2. The van der Waals surface area contributed by atoms with Crippen LogP contribution in [0, 0.1) is 0 Å². The molecule has 1 atom stereocenters. The molecule has 21 heavy (non-hydrogen) atoms. The minimum absolute atomic E-state index is 0.259. The minimum atomic E-state index is -0.611. The van der Waals surface area contributed by atoms with Crippen molar-refractivity contribution in [2.24, 2.45) is 0 Å². The molecule has 1 fully saturated rings. The van der Waals surface area contributed by atoms with Crippen molar-refractivity contribution in [2.75, 3.05) is 45.1 Å². The highest BCUT2D eigenvalue weighted by atomic mass is 16.6. The van der Waals surface area contributed by atoms with E-state index >= 15 is 0 Å². The van der Waals surface area contributed by atoms with Crippen molar-refractivity contribution < 1.29 is 14.6 Å². The molecule has 1 aliphatic rings. The Hall–Kier alpha value is -1.79. The first kappa shape index (κ1) is 15.6. The maximum absolute atomic E-state index is 11.6. The third kappa shape index (κ3) is 4.09. The van der Waals surface area contributed by atoms with Crippen molar-refractivity contribution in [1.29, 1.82) is 0 Å². The van der Waals surface area contributed by atoms with Gasteiger partial charge in [-0.05, 0) is 13.0 Å². The van der Waals surface area contributed by atoms with Crippen LogP contribution in [0.15, 0.2) is 24.3 Å². The van der Waals surface area contributed by atoms with Gasteiger partial charge in [0.05, 0.1) is 12.7 Å². The Morgan fingerprint density at radius 3 is 2.62 bits per heavy atom. The number of carbonyl (C=O) groups excluding carboxylic acids is 1. The number of nitrogens with two attached hydrogens (primary N) is 1. The van der Waals surface area contributed by atoms with Crippen LogP contribution in [-0.2, 0) is 4.74 Å². The summed E-state index contributed by atoms with van der Waals surface area (Å²) in [5, 5.41) is 10.3. The van der Waals surface area contributed by atoms with Crippen LogP contribution in [0.4, 0.5) is 10.5 Å². The summed E-state index contributed by atoms with van der Waals surface area (Å²) >= 11 is 0. The maximum atomic E-state index is 11.6. The number of aliphatic hydroxyl groups excluding tert-OH is 1. The van der Waals surface area contributed by atoms with E-state index in [-0.39, 0.29) is 6.09 Å². The van der Waals surface area contributed by atoms with Gasteiger partial charge in [-0.1, -0.05) is 18.2 Å². The number of nitrogens with zero attached hydrogens (tertiary/aromatic N) is 2. The molecule has 1 saturated heterocycles. The van der Waals surface area contributed by atoms with E-state index in [0.29, 0.717) is 31.9 Å². The van der Waals surface area contributed by atoms with Crippen LogP contribution in [0.2, 0.25) is 0 Å². The fraction of sp³-hybridized carbons (Fsp3) is 0.533. The molecule has 1 heterocycles. The number of piperazine rings is 1. The summed E-state index contributed by atoms with van der Waals surface area (Å²) in [6, 6.07) is 7.35. The van der Waals surface area contributed by atoms with Gasteiger partial charge < -0.3 is 20.5 Å². The Balaban J connectivity index is 1.83. The Morgan fingerprint density at radius 1 is 1.33 bits per heavy atom. The lowest BCUT2D eigenvalue weighted by molar-refractivity contribution is 0.0580. The molecule has 1 aromatic rings. The largest absolute Gasteiger partial charge is 0.450 e. The predicted molar refractivity (Wildman–Crippen MR) is 80.8 cm³/mol. The lowest BCUT2D eigenvalue weighted by Crippen LogP contribution is -2.49.